The van der Waals surface area contributed by atoms with Crippen LogP contribution in [-0.4, -0.2) is 5.84 Å². The van der Waals surface area contributed by atoms with Crippen LogP contribution in [0.15, 0.2) is 36.2 Å². The average Bonchev–Trinajstić information content (AvgIpc) is 2.12. The smallest absolute Gasteiger partial charge is 0.139 e. The molecule has 3 heteroatoms. The molecule has 1 heterocycles. The highest BCUT2D eigenvalue weighted by Crippen LogP contribution is 1.93. The predicted molar refractivity (Wildman–Crippen MR) is 41.4 cm³/mol. The van der Waals surface area contributed by atoms with Crippen molar-refractivity contribution >= 4 is 5.84 Å². The largest absolute Gasteiger partial charge is 0.382 e. The molecule has 0 unspecified atom stereocenters. The van der Waals surface area contributed by atoms with Gasteiger partial charge < -0.3 is 11.1 Å². The Labute approximate surface area is 59.4 Å². The molecule has 0 aliphatic carbocycles. The van der Waals surface area contributed by atoms with Crippen molar-refractivity contribution in [3.63, 3.8) is 0 Å². The van der Waals surface area contributed by atoms with E-state index in [0.29, 0.717) is 5.70 Å². The van der Waals surface area contributed by atoms with Crippen LogP contribution >= 0.6 is 0 Å². The lowest BCUT2D eigenvalue weighted by atomic mass is 10.3. The zero-order valence-electron chi connectivity index (χ0n) is 5.46. The van der Waals surface area contributed by atoms with Gasteiger partial charge in [0.15, 0.2) is 0 Å². The van der Waals surface area contributed by atoms with Crippen molar-refractivity contribution in [2.45, 2.75) is 0 Å². The molecule has 0 saturated heterocycles. The lowest BCUT2D eigenvalue weighted by molar-refractivity contribution is 1.12. The quantitative estimate of drug-likeness (QED) is 0.361. The standard InChI is InChI=1S/C7H9N3/c8-7(9)6-4-2-1-3-5-10-6/h1-5,10H,(H3,8,9). The summed E-state index contributed by atoms with van der Waals surface area (Å²) in [5, 5.41) is 9.91. The Bertz CT molecular complexity index is 223. The molecule has 0 spiro atoms. The number of nitrogens with two attached hydrogens (primary N) is 1. The highest BCUT2D eigenvalue weighted by molar-refractivity contribution is 5.94. The third kappa shape index (κ3) is 1.48. The van der Waals surface area contributed by atoms with Crippen LogP contribution in [-0.2, 0) is 0 Å². The van der Waals surface area contributed by atoms with Crippen molar-refractivity contribution in [1.29, 1.82) is 5.41 Å². The van der Waals surface area contributed by atoms with Crippen LogP contribution in [0.2, 0.25) is 0 Å². The molecule has 10 heavy (non-hydrogen) atoms. The Morgan fingerprint density at radius 2 is 2.20 bits per heavy atom. The Kier molecular flexibility index (Phi) is 1.89. The van der Waals surface area contributed by atoms with E-state index in [2.05, 4.69) is 5.32 Å². The van der Waals surface area contributed by atoms with Crippen LogP contribution in [0, 0.1) is 5.41 Å². The number of rotatable bonds is 1. The minimum atomic E-state index is 0.0520. The fourth-order valence-electron chi connectivity index (χ4n) is 0.625. The lowest BCUT2D eigenvalue weighted by Crippen LogP contribution is -2.21. The van der Waals surface area contributed by atoms with E-state index in [1.165, 1.54) is 0 Å². The SMILES string of the molecule is N=C(N)C1=CC=CC=CN1. The van der Waals surface area contributed by atoms with Gasteiger partial charge in [0, 0.05) is 6.20 Å². The summed E-state index contributed by atoms with van der Waals surface area (Å²) in [7, 11) is 0. The van der Waals surface area contributed by atoms with E-state index in [9.17, 15) is 0 Å². The van der Waals surface area contributed by atoms with E-state index >= 15 is 0 Å². The van der Waals surface area contributed by atoms with Gasteiger partial charge in [-0.05, 0) is 12.2 Å². The Hall–Kier alpha value is -1.51. The van der Waals surface area contributed by atoms with Crippen LogP contribution in [0.4, 0.5) is 0 Å². The summed E-state index contributed by atoms with van der Waals surface area (Å²) in [6, 6.07) is 0. The van der Waals surface area contributed by atoms with Crippen molar-refractivity contribution in [3.05, 3.63) is 36.2 Å². The van der Waals surface area contributed by atoms with Crippen molar-refractivity contribution in [2.75, 3.05) is 0 Å². The molecule has 3 nitrogen and oxygen atoms in total. The summed E-state index contributed by atoms with van der Waals surface area (Å²) in [5.41, 5.74) is 5.85. The van der Waals surface area contributed by atoms with Crippen molar-refractivity contribution < 1.29 is 0 Å². The summed E-state index contributed by atoms with van der Waals surface area (Å²) in [6.45, 7) is 0. The Morgan fingerprint density at radius 3 is 2.90 bits per heavy atom. The minimum absolute atomic E-state index is 0.0520. The molecule has 0 fully saturated rings. The van der Waals surface area contributed by atoms with Gasteiger partial charge in [-0.3, -0.25) is 5.41 Å². The highest BCUT2D eigenvalue weighted by Gasteiger charge is 1.95. The van der Waals surface area contributed by atoms with Crippen LogP contribution in [0.3, 0.4) is 0 Å². The van der Waals surface area contributed by atoms with Gasteiger partial charge in [0.2, 0.25) is 0 Å². The van der Waals surface area contributed by atoms with Crippen molar-refractivity contribution in [1.82, 2.24) is 5.32 Å². The van der Waals surface area contributed by atoms with E-state index in [1.54, 1.807) is 12.3 Å². The van der Waals surface area contributed by atoms with Crippen molar-refractivity contribution in [3.8, 4) is 0 Å². The van der Waals surface area contributed by atoms with Gasteiger partial charge in [-0.2, -0.15) is 0 Å². The summed E-state index contributed by atoms with van der Waals surface area (Å²) in [5.74, 6) is 0.0520. The van der Waals surface area contributed by atoms with Gasteiger partial charge in [0.1, 0.15) is 5.84 Å². The maximum absolute atomic E-state index is 7.07. The zero-order valence-corrected chi connectivity index (χ0v) is 5.46. The van der Waals surface area contributed by atoms with Gasteiger partial charge in [0.25, 0.3) is 0 Å². The Balaban J connectivity index is 2.78. The molecule has 0 aromatic carbocycles. The maximum atomic E-state index is 7.07. The minimum Gasteiger partial charge on any atom is -0.382 e. The molecule has 4 N–H and O–H groups in total. The number of hydrogen-bond acceptors (Lipinski definition) is 2. The molecule has 0 saturated carbocycles. The first-order valence-electron chi connectivity index (χ1n) is 2.95. The molecule has 1 aliphatic rings. The van der Waals surface area contributed by atoms with E-state index in [-0.39, 0.29) is 5.84 Å². The molecule has 1 aliphatic heterocycles. The molecule has 0 aromatic rings. The van der Waals surface area contributed by atoms with Gasteiger partial charge in [0.05, 0.1) is 5.70 Å². The second-order valence-corrected chi connectivity index (χ2v) is 1.88. The zero-order chi connectivity index (χ0) is 7.40. The number of nitrogens with one attached hydrogen (secondary N) is 2. The van der Waals surface area contributed by atoms with E-state index in [4.69, 9.17) is 11.1 Å². The molecular formula is C7H9N3. The van der Waals surface area contributed by atoms with Gasteiger partial charge >= 0.3 is 0 Å². The molecule has 0 amide bonds. The van der Waals surface area contributed by atoms with Crippen LogP contribution in [0.1, 0.15) is 0 Å². The molecule has 0 aromatic heterocycles. The molecule has 1 rings (SSSR count). The third-order valence-corrected chi connectivity index (χ3v) is 1.11. The van der Waals surface area contributed by atoms with E-state index < -0.39 is 0 Å². The second kappa shape index (κ2) is 2.87. The number of amidine groups is 1. The molecule has 0 bridgehead atoms. The predicted octanol–water partition coefficient (Wildman–Crippen LogP) is 0.479. The second-order valence-electron chi connectivity index (χ2n) is 1.88. The number of allylic oxidation sites excluding steroid dienone is 4. The maximum Gasteiger partial charge on any atom is 0.139 e. The third-order valence-electron chi connectivity index (χ3n) is 1.11. The normalized spacial score (nSPS) is 15.4. The van der Waals surface area contributed by atoms with Crippen LogP contribution < -0.4 is 11.1 Å². The van der Waals surface area contributed by atoms with Crippen LogP contribution in [0.5, 0.6) is 0 Å². The number of hydrogen-bond donors (Lipinski definition) is 3. The lowest BCUT2D eigenvalue weighted by Gasteiger charge is -2.00. The monoisotopic (exact) mass is 135 g/mol. The summed E-state index contributed by atoms with van der Waals surface area (Å²) in [4.78, 5) is 0. The fourth-order valence-corrected chi connectivity index (χ4v) is 0.625. The van der Waals surface area contributed by atoms with Gasteiger partial charge in [-0.1, -0.05) is 12.2 Å². The molecule has 52 valence electrons. The summed E-state index contributed by atoms with van der Waals surface area (Å²) < 4.78 is 0. The first kappa shape index (κ1) is 6.61. The topological polar surface area (TPSA) is 61.9 Å². The molecule has 0 atom stereocenters. The van der Waals surface area contributed by atoms with E-state index in [1.807, 2.05) is 18.2 Å². The van der Waals surface area contributed by atoms with Crippen molar-refractivity contribution in [2.24, 2.45) is 5.73 Å². The highest BCUT2D eigenvalue weighted by atomic mass is 14.9. The van der Waals surface area contributed by atoms with E-state index in [0.717, 1.165) is 0 Å². The molecular weight excluding hydrogens is 126 g/mol. The van der Waals surface area contributed by atoms with Gasteiger partial charge in [-0.25, -0.2) is 0 Å². The molecule has 0 radical (unpaired) electrons. The van der Waals surface area contributed by atoms with Gasteiger partial charge in [-0.15, -0.1) is 0 Å². The average molecular weight is 135 g/mol. The first-order valence-corrected chi connectivity index (χ1v) is 2.95. The summed E-state index contributed by atoms with van der Waals surface area (Å²) in [6.07, 6.45) is 9.02. The Morgan fingerprint density at radius 1 is 1.40 bits per heavy atom. The summed E-state index contributed by atoms with van der Waals surface area (Å²) >= 11 is 0. The fraction of sp³-hybridized carbons (Fsp3) is 0. The first-order chi connectivity index (χ1) is 4.80. The van der Waals surface area contributed by atoms with Crippen LogP contribution in [0.25, 0.3) is 0 Å².